The largest absolute Gasteiger partial charge is 0.347 e. The molecule has 0 amide bonds. The van der Waals surface area contributed by atoms with E-state index in [1.807, 2.05) is 6.07 Å². The third kappa shape index (κ3) is 2.70. The molecule has 2 unspecified atom stereocenters. The Hall–Kier alpha value is -0.700. The van der Waals surface area contributed by atoms with Crippen LogP contribution in [0.15, 0.2) is 6.07 Å². The smallest absolute Gasteiger partial charge is 0.129 e. The predicted molar refractivity (Wildman–Crippen MR) is 69.1 cm³/mol. The monoisotopic (exact) mass is 236 g/mol. The first-order valence-electron chi connectivity index (χ1n) is 6.27. The maximum atomic E-state index is 5.18. The van der Waals surface area contributed by atoms with Crippen LogP contribution in [0.3, 0.4) is 0 Å². The summed E-state index contributed by atoms with van der Waals surface area (Å²) in [5.74, 6) is 2.59. The summed E-state index contributed by atoms with van der Waals surface area (Å²) >= 11 is 5.18. The lowest BCUT2D eigenvalue weighted by Crippen LogP contribution is -2.16. The Morgan fingerprint density at radius 3 is 3.00 bits per heavy atom. The van der Waals surface area contributed by atoms with Gasteiger partial charge in [-0.05, 0) is 31.7 Å². The van der Waals surface area contributed by atoms with Crippen LogP contribution in [-0.2, 0) is 0 Å². The van der Waals surface area contributed by atoms with Gasteiger partial charge < -0.3 is 4.98 Å². The van der Waals surface area contributed by atoms with Gasteiger partial charge in [0.1, 0.15) is 10.5 Å². The molecule has 1 aromatic heterocycles. The van der Waals surface area contributed by atoms with Crippen LogP contribution in [0.25, 0.3) is 0 Å². The highest BCUT2D eigenvalue weighted by molar-refractivity contribution is 7.71. The normalized spacial score (nSPS) is 25.6. The molecule has 2 nitrogen and oxygen atoms in total. The number of rotatable bonds is 2. The first kappa shape index (κ1) is 11.8. The molecule has 2 rings (SSSR count). The van der Waals surface area contributed by atoms with Crippen LogP contribution in [0.5, 0.6) is 0 Å². The third-order valence-corrected chi connectivity index (χ3v) is 3.85. The van der Waals surface area contributed by atoms with Crippen molar-refractivity contribution >= 4 is 12.2 Å². The maximum Gasteiger partial charge on any atom is 0.129 e. The van der Waals surface area contributed by atoms with E-state index in [1.54, 1.807) is 0 Å². The molecule has 0 bridgehead atoms. The molecule has 1 aromatic rings. The number of H-pyrrole nitrogens is 1. The zero-order chi connectivity index (χ0) is 11.5. The maximum absolute atomic E-state index is 5.18. The molecule has 1 aliphatic rings. The van der Waals surface area contributed by atoms with Crippen LogP contribution in [0.1, 0.15) is 56.5 Å². The van der Waals surface area contributed by atoms with Crippen molar-refractivity contribution in [2.24, 2.45) is 5.92 Å². The van der Waals surface area contributed by atoms with Gasteiger partial charge in [-0.1, -0.05) is 38.4 Å². The zero-order valence-corrected chi connectivity index (χ0v) is 10.9. The van der Waals surface area contributed by atoms with Gasteiger partial charge in [0.25, 0.3) is 0 Å². The van der Waals surface area contributed by atoms with Crippen LogP contribution in [-0.4, -0.2) is 9.97 Å². The van der Waals surface area contributed by atoms with E-state index in [2.05, 4.69) is 23.8 Å². The number of hydrogen-bond acceptors (Lipinski definition) is 2. The lowest BCUT2D eigenvalue weighted by atomic mass is 9.80. The standard InChI is InChI=1S/C13H20N2S/c1-3-10-5-4-6-11(8-10)13-14-9(2)7-12(16)15-13/h7,10-11H,3-6,8H2,1-2H3,(H,14,15,16). The Bertz CT molecular complexity index is 411. The molecule has 0 radical (unpaired) electrons. The Balaban J connectivity index is 2.19. The fourth-order valence-electron chi connectivity index (χ4n) is 2.71. The van der Waals surface area contributed by atoms with E-state index in [0.717, 1.165) is 22.1 Å². The molecule has 88 valence electrons. The topological polar surface area (TPSA) is 28.7 Å². The number of aryl methyl sites for hydroxylation is 1. The van der Waals surface area contributed by atoms with Gasteiger partial charge in [-0.2, -0.15) is 0 Å². The van der Waals surface area contributed by atoms with Crippen molar-refractivity contribution in [3.8, 4) is 0 Å². The number of nitrogens with one attached hydrogen (secondary N) is 1. The highest BCUT2D eigenvalue weighted by atomic mass is 32.1. The Morgan fingerprint density at radius 2 is 2.31 bits per heavy atom. The zero-order valence-electron chi connectivity index (χ0n) is 10.1. The van der Waals surface area contributed by atoms with E-state index in [9.17, 15) is 0 Å². The molecular formula is C13H20N2S. The van der Waals surface area contributed by atoms with E-state index in [1.165, 1.54) is 32.1 Å². The first-order chi connectivity index (χ1) is 7.69. The molecule has 0 saturated heterocycles. The summed E-state index contributed by atoms with van der Waals surface area (Å²) in [6.07, 6.45) is 6.55. The van der Waals surface area contributed by atoms with E-state index in [4.69, 9.17) is 12.2 Å². The lowest BCUT2D eigenvalue weighted by Gasteiger charge is -2.27. The van der Waals surface area contributed by atoms with Crippen molar-refractivity contribution in [3.05, 3.63) is 22.2 Å². The lowest BCUT2D eigenvalue weighted by molar-refractivity contribution is 0.307. The highest BCUT2D eigenvalue weighted by Gasteiger charge is 2.23. The molecule has 2 atom stereocenters. The second-order valence-corrected chi connectivity index (χ2v) is 5.34. The quantitative estimate of drug-likeness (QED) is 0.782. The van der Waals surface area contributed by atoms with Gasteiger partial charge >= 0.3 is 0 Å². The summed E-state index contributed by atoms with van der Waals surface area (Å²) in [6.45, 7) is 4.35. The fraction of sp³-hybridized carbons (Fsp3) is 0.692. The summed E-state index contributed by atoms with van der Waals surface area (Å²) in [5, 5.41) is 0. The number of nitrogens with zero attached hydrogens (tertiary/aromatic N) is 1. The molecule has 1 N–H and O–H groups in total. The van der Waals surface area contributed by atoms with Gasteiger partial charge in [0.05, 0.1) is 0 Å². The van der Waals surface area contributed by atoms with Crippen LogP contribution in [0.2, 0.25) is 0 Å². The van der Waals surface area contributed by atoms with E-state index < -0.39 is 0 Å². The minimum atomic E-state index is 0.597. The van der Waals surface area contributed by atoms with E-state index in [0.29, 0.717) is 5.92 Å². The molecule has 0 spiro atoms. The Labute approximate surface area is 103 Å². The predicted octanol–water partition coefficient (Wildman–Crippen LogP) is 4.13. The second kappa shape index (κ2) is 5.09. The molecule has 1 aliphatic carbocycles. The van der Waals surface area contributed by atoms with Gasteiger partial charge in [0, 0.05) is 11.6 Å². The molecule has 0 aromatic carbocycles. The average molecular weight is 236 g/mol. The number of hydrogen-bond donors (Lipinski definition) is 1. The van der Waals surface area contributed by atoms with Gasteiger partial charge in [-0.3, -0.25) is 0 Å². The summed E-state index contributed by atoms with van der Waals surface area (Å²) in [6, 6.07) is 1.93. The molecule has 1 saturated carbocycles. The second-order valence-electron chi connectivity index (χ2n) is 4.93. The molecule has 3 heteroatoms. The number of aromatic nitrogens is 2. The summed E-state index contributed by atoms with van der Waals surface area (Å²) in [5.41, 5.74) is 1.13. The van der Waals surface area contributed by atoms with E-state index in [-0.39, 0.29) is 0 Å². The summed E-state index contributed by atoms with van der Waals surface area (Å²) < 4.78 is 0.727. The Kier molecular flexibility index (Phi) is 3.74. The van der Waals surface area contributed by atoms with Gasteiger partial charge in [0.15, 0.2) is 0 Å². The fourth-order valence-corrected chi connectivity index (χ4v) is 2.98. The summed E-state index contributed by atoms with van der Waals surface area (Å²) in [4.78, 5) is 7.87. The van der Waals surface area contributed by atoms with E-state index >= 15 is 0 Å². The summed E-state index contributed by atoms with van der Waals surface area (Å²) in [7, 11) is 0. The van der Waals surface area contributed by atoms with Crippen molar-refractivity contribution < 1.29 is 0 Å². The molecule has 1 fully saturated rings. The van der Waals surface area contributed by atoms with Crippen molar-refractivity contribution in [1.29, 1.82) is 0 Å². The number of aromatic amines is 1. The van der Waals surface area contributed by atoms with Crippen LogP contribution >= 0.6 is 12.2 Å². The van der Waals surface area contributed by atoms with Crippen LogP contribution < -0.4 is 0 Å². The first-order valence-corrected chi connectivity index (χ1v) is 6.67. The van der Waals surface area contributed by atoms with Crippen molar-refractivity contribution in [2.75, 3.05) is 0 Å². The average Bonchev–Trinajstić information content (AvgIpc) is 2.28. The van der Waals surface area contributed by atoms with Crippen LogP contribution in [0, 0.1) is 17.5 Å². The highest BCUT2D eigenvalue weighted by Crippen LogP contribution is 2.35. The molecule has 1 heterocycles. The van der Waals surface area contributed by atoms with Gasteiger partial charge in [-0.25, -0.2) is 4.98 Å². The minimum Gasteiger partial charge on any atom is -0.347 e. The van der Waals surface area contributed by atoms with Crippen molar-refractivity contribution in [1.82, 2.24) is 9.97 Å². The SMILES string of the molecule is CCC1CCCC(c2nc(=S)cc(C)[nH]2)C1. The molecule has 16 heavy (non-hydrogen) atoms. The van der Waals surface area contributed by atoms with Gasteiger partial charge in [-0.15, -0.1) is 0 Å². The third-order valence-electron chi connectivity index (χ3n) is 3.64. The van der Waals surface area contributed by atoms with Gasteiger partial charge in [0.2, 0.25) is 0 Å². The van der Waals surface area contributed by atoms with Crippen molar-refractivity contribution in [2.45, 2.75) is 51.9 Å². The van der Waals surface area contributed by atoms with Crippen molar-refractivity contribution in [3.63, 3.8) is 0 Å². The van der Waals surface area contributed by atoms with Crippen LogP contribution in [0.4, 0.5) is 0 Å². The Morgan fingerprint density at radius 1 is 1.50 bits per heavy atom. The molecule has 0 aliphatic heterocycles. The minimum absolute atomic E-state index is 0.597. The molecular weight excluding hydrogens is 216 g/mol.